The molecule has 1 saturated heterocycles. The maximum Gasteiger partial charge on any atom is 0.262 e. The summed E-state index contributed by atoms with van der Waals surface area (Å²) >= 11 is 0. The van der Waals surface area contributed by atoms with Gasteiger partial charge in [-0.3, -0.25) is 9.59 Å². The summed E-state index contributed by atoms with van der Waals surface area (Å²) in [4.78, 5) is 27.0. The van der Waals surface area contributed by atoms with Crippen molar-refractivity contribution in [3.8, 4) is 5.75 Å². The molecule has 30 heavy (non-hydrogen) atoms. The number of hydrogen-bond acceptors (Lipinski definition) is 4. The van der Waals surface area contributed by atoms with E-state index in [4.69, 9.17) is 9.47 Å². The van der Waals surface area contributed by atoms with Crippen LogP contribution in [0.2, 0.25) is 0 Å². The summed E-state index contributed by atoms with van der Waals surface area (Å²) in [5, 5.41) is 2.86. The Hall–Kier alpha value is -2.86. The largest absolute Gasteiger partial charge is 0.484 e. The second-order valence-corrected chi connectivity index (χ2v) is 7.89. The van der Waals surface area contributed by atoms with Gasteiger partial charge < -0.3 is 19.7 Å². The third-order valence-electron chi connectivity index (χ3n) is 5.37. The van der Waals surface area contributed by atoms with Gasteiger partial charge >= 0.3 is 0 Å². The van der Waals surface area contributed by atoms with Crippen LogP contribution in [0.4, 0.5) is 5.69 Å². The number of ether oxygens (including phenoxy) is 2. The van der Waals surface area contributed by atoms with Crippen LogP contribution >= 0.6 is 0 Å². The maximum atomic E-state index is 12.8. The van der Waals surface area contributed by atoms with E-state index in [9.17, 15) is 9.59 Å². The van der Waals surface area contributed by atoms with E-state index >= 15 is 0 Å². The van der Waals surface area contributed by atoms with Gasteiger partial charge in [-0.15, -0.1) is 0 Å². The summed E-state index contributed by atoms with van der Waals surface area (Å²) in [7, 11) is 0. The standard InChI is InChI=1S/C24H30N2O4/c1-16(2)20-9-8-19(14-17(20)3)30-15-23(27)25-22-7-5-6-21(18(22)4)24(28)26-10-12-29-13-11-26/h5-9,14,16H,10-13,15H2,1-4H3,(H,25,27). The summed E-state index contributed by atoms with van der Waals surface area (Å²) < 4.78 is 11.0. The van der Waals surface area contributed by atoms with Crippen LogP contribution in [-0.2, 0) is 9.53 Å². The first-order chi connectivity index (χ1) is 14.4. The first-order valence-electron chi connectivity index (χ1n) is 10.4. The molecule has 2 aromatic carbocycles. The predicted molar refractivity (Wildman–Crippen MR) is 117 cm³/mol. The molecule has 0 saturated carbocycles. The average molecular weight is 411 g/mol. The molecule has 0 spiro atoms. The highest BCUT2D eigenvalue weighted by atomic mass is 16.5. The van der Waals surface area contributed by atoms with Crippen molar-refractivity contribution in [2.75, 3.05) is 38.2 Å². The van der Waals surface area contributed by atoms with E-state index in [1.165, 1.54) is 5.56 Å². The minimum absolute atomic E-state index is 0.0381. The molecule has 2 aromatic rings. The highest BCUT2D eigenvalue weighted by Gasteiger charge is 2.21. The Kier molecular flexibility index (Phi) is 7.11. The van der Waals surface area contributed by atoms with E-state index in [1.54, 1.807) is 23.1 Å². The second-order valence-electron chi connectivity index (χ2n) is 7.89. The van der Waals surface area contributed by atoms with Crippen LogP contribution in [0.3, 0.4) is 0 Å². The van der Waals surface area contributed by atoms with Gasteiger partial charge in [0.15, 0.2) is 6.61 Å². The van der Waals surface area contributed by atoms with Gasteiger partial charge in [-0.25, -0.2) is 0 Å². The summed E-state index contributed by atoms with van der Waals surface area (Å²) in [5.74, 6) is 0.807. The number of amides is 2. The lowest BCUT2D eigenvalue weighted by atomic mass is 9.98. The quantitative estimate of drug-likeness (QED) is 0.784. The molecular weight excluding hydrogens is 380 g/mol. The zero-order valence-corrected chi connectivity index (χ0v) is 18.2. The molecule has 1 N–H and O–H groups in total. The Bertz CT molecular complexity index is 917. The Morgan fingerprint density at radius 1 is 1.13 bits per heavy atom. The minimum Gasteiger partial charge on any atom is -0.484 e. The molecule has 1 aliphatic heterocycles. The molecule has 3 rings (SSSR count). The van der Waals surface area contributed by atoms with Gasteiger partial charge in [-0.05, 0) is 60.7 Å². The number of nitrogens with one attached hydrogen (secondary N) is 1. The lowest BCUT2D eigenvalue weighted by Gasteiger charge is -2.27. The molecule has 1 heterocycles. The first kappa shape index (κ1) is 21.8. The molecular formula is C24H30N2O4. The topological polar surface area (TPSA) is 67.9 Å². The molecule has 6 heteroatoms. The monoisotopic (exact) mass is 410 g/mol. The predicted octanol–water partition coefficient (Wildman–Crippen LogP) is 3.92. The minimum atomic E-state index is -0.264. The van der Waals surface area contributed by atoms with Crippen LogP contribution < -0.4 is 10.1 Å². The first-order valence-corrected chi connectivity index (χ1v) is 10.4. The fourth-order valence-corrected chi connectivity index (χ4v) is 3.66. The zero-order chi connectivity index (χ0) is 21.7. The molecule has 0 radical (unpaired) electrons. The number of hydrogen-bond donors (Lipinski definition) is 1. The number of aryl methyl sites for hydroxylation is 1. The maximum absolute atomic E-state index is 12.8. The van der Waals surface area contributed by atoms with Gasteiger partial charge in [0.25, 0.3) is 11.8 Å². The van der Waals surface area contributed by atoms with Crippen molar-refractivity contribution in [3.05, 3.63) is 58.7 Å². The molecule has 6 nitrogen and oxygen atoms in total. The highest BCUT2D eigenvalue weighted by molar-refractivity contribution is 5.99. The zero-order valence-electron chi connectivity index (χ0n) is 18.2. The second kappa shape index (κ2) is 9.76. The van der Waals surface area contributed by atoms with Crippen molar-refractivity contribution in [1.29, 1.82) is 0 Å². The Morgan fingerprint density at radius 3 is 2.53 bits per heavy atom. The smallest absolute Gasteiger partial charge is 0.262 e. The molecule has 0 atom stereocenters. The molecule has 160 valence electrons. The van der Waals surface area contributed by atoms with E-state index in [1.807, 2.05) is 32.0 Å². The Morgan fingerprint density at radius 2 is 1.87 bits per heavy atom. The summed E-state index contributed by atoms with van der Waals surface area (Å²) in [6.45, 7) is 10.4. The van der Waals surface area contributed by atoms with Gasteiger partial charge in [0.05, 0.1) is 13.2 Å². The SMILES string of the molecule is Cc1cc(OCC(=O)Nc2cccc(C(=O)N3CCOCC3)c2C)ccc1C(C)C. The third kappa shape index (κ3) is 5.19. The van der Waals surface area contributed by atoms with Crippen LogP contribution in [0.1, 0.15) is 46.8 Å². The Labute approximate surface area is 178 Å². The van der Waals surface area contributed by atoms with E-state index < -0.39 is 0 Å². The van der Waals surface area contributed by atoms with E-state index in [2.05, 4.69) is 19.2 Å². The van der Waals surface area contributed by atoms with E-state index in [0.717, 1.165) is 11.1 Å². The van der Waals surface area contributed by atoms with Crippen molar-refractivity contribution in [3.63, 3.8) is 0 Å². The molecule has 0 unspecified atom stereocenters. The van der Waals surface area contributed by atoms with Gasteiger partial charge in [0, 0.05) is 24.3 Å². The highest BCUT2D eigenvalue weighted by Crippen LogP contribution is 2.24. The van der Waals surface area contributed by atoms with Gasteiger partial charge in [-0.2, -0.15) is 0 Å². The Balaban J connectivity index is 1.62. The fraction of sp³-hybridized carbons (Fsp3) is 0.417. The van der Waals surface area contributed by atoms with E-state index in [0.29, 0.717) is 49.2 Å². The van der Waals surface area contributed by atoms with Crippen LogP contribution in [-0.4, -0.2) is 49.6 Å². The third-order valence-corrected chi connectivity index (χ3v) is 5.37. The van der Waals surface area contributed by atoms with Gasteiger partial charge in [0.2, 0.25) is 0 Å². The van der Waals surface area contributed by atoms with Crippen LogP contribution in [0.25, 0.3) is 0 Å². The lowest BCUT2D eigenvalue weighted by molar-refractivity contribution is -0.118. The van der Waals surface area contributed by atoms with Gasteiger partial charge in [0.1, 0.15) is 5.75 Å². The normalized spacial score (nSPS) is 14.0. The summed E-state index contributed by atoms with van der Waals surface area (Å²) in [6, 6.07) is 11.3. The van der Waals surface area contributed by atoms with Gasteiger partial charge in [-0.1, -0.05) is 26.0 Å². The van der Waals surface area contributed by atoms with Crippen LogP contribution in [0.15, 0.2) is 36.4 Å². The number of anilines is 1. The van der Waals surface area contributed by atoms with Crippen molar-refractivity contribution in [1.82, 2.24) is 4.90 Å². The molecule has 0 aliphatic carbocycles. The molecule has 2 amide bonds. The summed E-state index contributed by atoms with van der Waals surface area (Å²) in [5.41, 5.74) is 4.38. The van der Waals surface area contributed by atoms with Crippen molar-refractivity contribution in [2.24, 2.45) is 0 Å². The van der Waals surface area contributed by atoms with E-state index in [-0.39, 0.29) is 18.4 Å². The molecule has 0 bridgehead atoms. The van der Waals surface area contributed by atoms with Crippen LogP contribution in [0, 0.1) is 13.8 Å². The van der Waals surface area contributed by atoms with Crippen LogP contribution in [0.5, 0.6) is 5.75 Å². The fourth-order valence-electron chi connectivity index (χ4n) is 3.66. The van der Waals surface area contributed by atoms with Crippen molar-refractivity contribution >= 4 is 17.5 Å². The molecule has 1 fully saturated rings. The number of rotatable bonds is 6. The number of benzene rings is 2. The van der Waals surface area contributed by atoms with Crippen molar-refractivity contribution < 1.29 is 19.1 Å². The number of carbonyl (C=O) groups excluding carboxylic acids is 2. The van der Waals surface area contributed by atoms with Crippen molar-refractivity contribution in [2.45, 2.75) is 33.6 Å². The summed E-state index contributed by atoms with van der Waals surface area (Å²) in [6.07, 6.45) is 0. The molecule has 1 aliphatic rings. The number of nitrogens with zero attached hydrogens (tertiary/aromatic N) is 1. The lowest BCUT2D eigenvalue weighted by Crippen LogP contribution is -2.41. The number of morpholine rings is 1. The number of carbonyl (C=O) groups is 2. The average Bonchev–Trinajstić information content (AvgIpc) is 2.73. The molecule has 0 aromatic heterocycles.